The zero-order valence-corrected chi connectivity index (χ0v) is 17.0. The van der Waals surface area contributed by atoms with E-state index in [9.17, 15) is 9.59 Å². The molecule has 1 aliphatic rings. The number of carbonyl (C=O) groups is 1. The predicted octanol–water partition coefficient (Wildman–Crippen LogP) is 1.66. The molecule has 8 nitrogen and oxygen atoms in total. The molecule has 0 saturated carbocycles. The lowest BCUT2D eigenvalue weighted by Crippen LogP contribution is -2.55. The first-order valence-corrected chi connectivity index (χ1v) is 9.76. The summed E-state index contributed by atoms with van der Waals surface area (Å²) in [6.07, 6.45) is 1.20. The molecule has 0 amide bonds. The van der Waals surface area contributed by atoms with E-state index >= 15 is 0 Å². The summed E-state index contributed by atoms with van der Waals surface area (Å²) >= 11 is 0. The number of aromatic nitrogens is 2. The first-order valence-electron chi connectivity index (χ1n) is 9.76. The average Bonchev–Trinajstić information content (AvgIpc) is 3.14. The molecule has 1 aliphatic heterocycles. The highest BCUT2D eigenvalue weighted by Gasteiger charge is 2.33. The van der Waals surface area contributed by atoms with Crippen molar-refractivity contribution >= 4 is 11.8 Å². The first kappa shape index (κ1) is 21.0. The Labute approximate surface area is 169 Å². The van der Waals surface area contributed by atoms with E-state index in [4.69, 9.17) is 19.9 Å². The number of nitrogen functional groups attached to an aromatic ring is 1. The van der Waals surface area contributed by atoms with Crippen LogP contribution in [0.2, 0.25) is 0 Å². The number of esters is 1. The third-order valence-corrected chi connectivity index (χ3v) is 4.78. The van der Waals surface area contributed by atoms with E-state index < -0.39 is 24.1 Å². The quantitative estimate of drug-likeness (QED) is 0.539. The normalized spacial score (nSPS) is 20.0. The highest BCUT2D eigenvalue weighted by Crippen LogP contribution is 2.20. The second-order valence-electron chi connectivity index (χ2n) is 7.65. The minimum atomic E-state index is -0.728. The summed E-state index contributed by atoms with van der Waals surface area (Å²) in [5.41, 5.74) is 7.29. The van der Waals surface area contributed by atoms with Crippen LogP contribution in [0, 0.1) is 5.92 Å². The highest BCUT2D eigenvalue weighted by molar-refractivity contribution is 5.77. The molecule has 0 radical (unpaired) electrons. The number of H-pyrrole nitrogens is 1. The summed E-state index contributed by atoms with van der Waals surface area (Å²) in [4.78, 5) is 26.8. The second-order valence-corrected chi connectivity index (χ2v) is 7.65. The lowest BCUT2D eigenvalue weighted by atomic mass is 9.97. The number of ether oxygens (including phenoxy) is 3. The summed E-state index contributed by atoms with van der Waals surface area (Å²) in [7, 11) is 0. The molecule has 156 valence electrons. The minimum Gasteiger partial charge on any atom is -0.460 e. The number of nitrogens with two attached hydrogens (primary N) is 1. The van der Waals surface area contributed by atoms with Gasteiger partial charge in [0.2, 0.25) is 6.23 Å². The third-order valence-electron chi connectivity index (χ3n) is 4.78. The Kier molecular flexibility index (Phi) is 6.66. The van der Waals surface area contributed by atoms with Crippen molar-refractivity contribution in [2.75, 3.05) is 18.9 Å². The van der Waals surface area contributed by atoms with Crippen molar-refractivity contribution in [2.24, 2.45) is 5.92 Å². The Morgan fingerprint density at radius 3 is 2.66 bits per heavy atom. The molecule has 2 heterocycles. The molecule has 1 aromatic heterocycles. The Balaban J connectivity index is 1.51. The van der Waals surface area contributed by atoms with E-state index in [1.807, 2.05) is 31.2 Å². The van der Waals surface area contributed by atoms with E-state index in [0.717, 1.165) is 12.0 Å². The molecule has 3 rings (SSSR count). The lowest BCUT2D eigenvalue weighted by molar-refractivity contribution is -0.771. The van der Waals surface area contributed by atoms with Crippen LogP contribution < -0.4 is 16.0 Å². The lowest BCUT2D eigenvalue weighted by Gasteiger charge is -2.15. The van der Waals surface area contributed by atoms with Crippen molar-refractivity contribution in [3.8, 4) is 0 Å². The predicted molar refractivity (Wildman–Crippen MR) is 106 cm³/mol. The van der Waals surface area contributed by atoms with Crippen LogP contribution in [0.3, 0.4) is 0 Å². The number of hydrogen-bond acceptors (Lipinski definition) is 6. The topological polar surface area (TPSA) is 108 Å². The van der Waals surface area contributed by atoms with Crippen LogP contribution in [0.25, 0.3) is 0 Å². The number of aromatic amines is 1. The Morgan fingerprint density at radius 1 is 1.28 bits per heavy atom. The smallest absolute Gasteiger partial charge is 0.460 e. The Hall–Kier alpha value is -2.71. The molecule has 0 bridgehead atoms. The molecule has 29 heavy (non-hydrogen) atoms. The zero-order chi connectivity index (χ0) is 21.0. The van der Waals surface area contributed by atoms with Crippen LogP contribution in [0.5, 0.6) is 0 Å². The Bertz CT molecular complexity index is 894. The number of nitrogens with zero attached hydrogens (tertiary/aromatic N) is 1. The standard InChI is InChI=1S/C21H27N3O5/c1-13(2)10-15-4-6-16(7-5-15)14(3)20(25)28-12-19-27-11-18(29-19)24-9-8-17(22)23-21(24)26/h4-9,13-14,18-19H,10-12H2,1-3H3,(H2,22,23,26)/p+1/t14-,18-,19-/m0/s1. The van der Waals surface area contributed by atoms with Gasteiger partial charge in [0.15, 0.2) is 12.1 Å². The van der Waals surface area contributed by atoms with Crippen LogP contribution in [0.1, 0.15) is 44.0 Å². The van der Waals surface area contributed by atoms with Crippen molar-refractivity contribution < 1.29 is 23.6 Å². The third kappa shape index (κ3) is 5.42. The molecule has 0 aliphatic carbocycles. The van der Waals surface area contributed by atoms with Crippen LogP contribution in [0.4, 0.5) is 5.82 Å². The van der Waals surface area contributed by atoms with Gasteiger partial charge >= 0.3 is 11.7 Å². The number of rotatable bonds is 7. The van der Waals surface area contributed by atoms with E-state index in [-0.39, 0.29) is 25.0 Å². The van der Waals surface area contributed by atoms with E-state index in [0.29, 0.717) is 5.92 Å². The average molecular weight is 402 g/mol. The van der Waals surface area contributed by atoms with Crippen LogP contribution in [-0.2, 0) is 25.4 Å². The van der Waals surface area contributed by atoms with Gasteiger partial charge in [-0.3, -0.25) is 4.79 Å². The van der Waals surface area contributed by atoms with E-state index in [1.165, 1.54) is 16.3 Å². The van der Waals surface area contributed by atoms with Crippen molar-refractivity contribution in [2.45, 2.75) is 45.6 Å². The molecular formula is C21H28N3O5+. The molecule has 8 heteroatoms. The number of nitrogens with one attached hydrogen (secondary N) is 1. The fourth-order valence-corrected chi connectivity index (χ4v) is 3.19. The summed E-state index contributed by atoms with van der Waals surface area (Å²) in [5, 5.41) is 0. The molecule has 3 atom stereocenters. The van der Waals surface area contributed by atoms with E-state index in [2.05, 4.69) is 18.8 Å². The van der Waals surface area contributed by atoms with E-state index in [1.54, 1.807) is 6.07 Å². The summed E-state index contributed by atoms with van der Waals surface area (Å²) in [6, 6.07) is 9.59. The zero-order valence-electron chi connectivity index (χ0n) is 17.0. The largest absolute Gasteiger partial charge is 0.499 e. The summed E-state index contributed by atoms with van der Waals surface area (Å²) in [5.74, 6) is 0.104. The van der Waals surface area contributed by atoms with Crippen LogP contribution in [0.15, 0.2) is 41.3 Å². The summed E-state index contributed by atoms with van der Waals surface area (Å²) in [6.45, 7) is 6.29. The van der Waals surface area contributed by atoms with Crippen LogP contribution >= 0.6 is 0 Å². The molecule has 3 N–H and O–H groups in total. The fraction of sp³-hybridized carbons (Fsp3) is 0.476. The van der Waals surface area contributed by atoms with Crippen molar-refractivity contribution in [3.63, 3.8) is 0 Å². The van der Waals surface area contributed by atoms with Gasteiger partial charge < -0.3 is 19.9 Å². The van der Waals surface area contributed by atoms with Gasteiger partial charge in [0.1, 0.15) is 19.4 Å². The monoisotopic (exact) mass is 402 g/mol. The molecule has 2 aromatic rings. The fourth-order valence-electron chi connectivity index (χ4n) is 3.19. The number of carbonyl (C=O) groups excluding carboxylic acids is 1. The maximum atomic E-state index is 12.4. The first-order chi connectivity index (χ1) is 13.8. The van der Waals surface area contributed by atoms with Gasteiger partial charge in [-0.05, 0) is 30.4 Å². The molecule has 1 fully saturated rings. The summed E-state index contributed by atoms with van der Waals surface area (Å²) < 4.78 is 17.9. The second kappa shape index (κ2) is 9.19. The molecule has 1 aromatic carbocycles. The van der Waals surface area contributed by atoms with Gasteiger partial charge in [0.25, 0.3) is 0 Å². The van der Waals surface area contributed by atoms with Crippen LogP contribution in [-0.4, -0.2) is 30.5 Å². The highest BCUT2D eigenvalue weighted by atomic mass is 16.7. The number of benzene rings is 1. The van der Waals surface area contributed by atoms with Gasteiger partial charge in [0.05, 0.1) is 5.92 Å². The Morgan fingerprint density at radius 2 is 2.00 bits per heavy atom. The van der Waals surface area contributed by atoms with Gasteiger partial charge in [-0.1, -0.05) is 38.1 Å². The SMILES string of the molecule is CC(C)Cc1ccc([C@H](C)C(=O)OC[C@H]2OC[C@@H]([n+]3ccc(N)[nH]c3=O)O2)cc1. The molecule has 0 unspecified atom stereocenters. The maximum absolute atomic E-state index is 12.4. The number of anilines is 1. The van der Waals surface area contributed by atoms with Crippen molar-refractivity contribution in [1.82, 2.24) is 4.98 Å². The molecule has 1 saturated heterocycles. The molecule has 0 spiro atoms. The van der Waals surface area contributed by atoms with Gasteiger partial charge in [-0.15, -0.1) is 0 Å². The van der Waals surface area contributed by atoms with Crippen molar-refractivity contribution in [3.05, 3.63) is 58.1 Å². The van der Waals surface area contributed by atoms with Gasteiger partial charge in [-0.2, -0.15) is 14.3 Å². The van der Waals surface area contributed by atoms with Gasteiger partial charge in [-0.25, -0.2) is 0 Å². The maximum Gasteiger partial charge on any atom is 0.499 e. The molecular weight excluding hydrogens is 374 g/mol. The number of hydrogen-bond donors (Lipinski definition) is 2. The minimum absolute atomic E-state index is 0.0431. The van der Waals surface area contributed by atoms with Gasteiger partial charge in [0, 0.05) is 6.07 Å². The van der Waals surface area contributed by atoms with Crippen molar-refractivity contribution in [1.29, 1.82) is 0 Å².